The molecular weight excluding hydrogens is 366 g/mol. The molecule has 134 valence electrons. The van der Waals surface area contributed by atoms with Crippen LogP contribution in [-0.2, 0) is 0 Å². The van der Waals surface area contributed by atoms with E-state index in [4.69, 9.17) is 16.1 Å². The van der Waals surface area contributed by atoms with Gasteiger partial charge in [0.15, 0.2) is 0 Å². The SMILES string of the molecule is Cc1onc(-c2ccccc2)c1C(=O)Nc1cc2cc[nH]c(=O)c2cc1Cl. The van der Waals surface area contributed by atoms with Crippen LogP contribution in [0.1, 0.15) is 16.1 Å². The molecule has 0 saturated carbocycles. The van der Waals surface area contributed by atoms with Crippen LogP contribution < -0.4 is 10.9 Å². The molecule has 4 rings (SSSR count). The van der Waals surface area contributed by atoms with Crippen molar-refractivity contribution in [2.45, 2.75) is 6.92 Å². The number of nitrogens with zero attached hydrogens (tertiary/aromatic N) is 1. The van der Waals surface area contributed by atoms with E-state index in [1.165, 1.54) is 6.07 Å². The number of hydrogen-bond donors (Lipinski definition) is 2. The predicted octanol–water partition coefficient (Wildman–Crippen LogP) is 4.40. The second kappa shape index (κ2) is 6.74. The molecule has 7 heteroatoms. The smallest absolute Gasteiger partial charge is 0.261 e. The first-order valence-electron chi connectivity index (χ1n) is 8.18. The van der Waals surface area contributed by atoms with Gasteiger partial charge in [0.2, 0.25) is 0 Å². The highest BCUT2D eigenvalue weighted by atomic mass is 35.5. The second-order valence-corrected chi connectivity index (χ2v) is 6.42. The average molecular weight is 380 g/mol. The van der Waals surface area contributed by atoms with E-state index in [9.17, 15) is 9.59 Å². The molecule has 2 heterocycles. The Morgan fingerprint density at radius 1 is 1.19 bits per heavy atom. The van der Waals surface area contributed by atoms with Gasteiger partial charge in [0, 0.05) is 17.1 Å². The van der Waals surface area contributed by atoms with E-state index in [0.29, 0.717) is 33.5 Å². The van der Waals surface area contributed by atoms with Crippen LogP contribution in [-0.4, -0.2) is 16.0 Å². The first-order chi connectivity index (χ1) is 13.0. The maximum atomic E-state index is 12.9. The number of pyridine rings is 1. The maximum absolute atomic E-state index is 12.9. The molecule has 0 unspecified atom stereocenters. The fourth-order valence-electron chi connectivity index (χ4n) is 2.92. The summed E-state index contributed by atoms with van der Waals surface area (Å²) in [5, 5.41) is 8.20. The third-order valence-corrected chi connectivity index (χ3v) is 4.56. The van der Waals surface area contributed by atoms with Crippen LogP contribution in [0.25, 0.3) is 22.0 Å². The second-order valence-electron chi connectivity index (χ2n) is 6.01. The minimum absolute atomic E-state index is 0.242. The van der Waals surface area contributed by atoms with Gasteiger partial charge in [0.25, 0.3) is 11.5 Å². The molecular formula is C20H14ClN3O3. The number of aryl methyl sites for hydroxylation is 1. The number of carbonyl (C=O) groups is 1. The van der Waals surface area contributed by atoms with E-state index in [1.54, 1.807) is 25.3 Å². The molecule has 0 saturated heterocycles. The standard InChI is InChI=1S/C20H14ClN3O3/c1-11-17(18(24-27-11)12-5-3-2-4-6-12)20(26)23-16-9-13-7-8-22-19(25)14(13)10-15(16)21/h2-10H,1H3,(H,22,25)(H,23,26). The minimum Gasteiger partial charge on any atom is -0.360 e. The fraction of sp³-hybridized carbons (Fsp3) is 0.0500. The number of benzene rings is 2. The molecule has 0 radical (unpaired) electrons. The number of anilines is 1. The molecule has 6 nitrogen and oxygen atoms in total. The van der Waals surface area contributed by atoms with Crippen LogP contribution in [0, 0.1) is 6.92 Å². The lowest BCUT2D eigenvalue weighted by atomic mass is 10.1. The summed E-state index contributed by atoms with van der Waals surface area (Å²) in [7, 11) is 0. The fourth-order valence-corrected chi connectivity index (χ4v) is 3.13. The van der Waals surface area contributed by atoms with Crippen molar-refractivity contribution in [1.82, 2.24) is 10.1 Å². The zero-order chi connectivity index (χ0) is 19.0. The first-order valence-corrected chi connectivity index (χ1v) is 8.56. The summed E-state index contributed by atoms with van der Waals surface area (Å²) in [4.78, 5) is 27.4. The highest BCUT2D eigenvalue weighted by Gasteiger charge is 2.22. The molecule has 0 fully saturated rings. The Kier molecular flexibility index (Phi) is 4.25. The van der Waals surface area contributed by atoms with Crippen molar-refractivity contribution in [3.63, 3.8) is 0 Å². The molecule has 0 bridgehead atoms. The molecule has 0 aliphatic carbocycles. The lowest BCUT2D eigenvalue weighted by Crippen LogP contribution is -2.14. The highest BCUT2D eigenvalue weighted by molar-refractivity contribution is 6.35. The Balaban J connectivity index is 1.74. The summed E-state index contributed by atoms with van der Waals surface area (Å²) in [6, 6.07) is 14.2. The van der Waals surface area contributed by atoms with Crippen molar-refractivity contribution in [3.05, 3.63) is 81.4 Å². The number of nitrogens with one attached hydrogen (secondary N) is 2. The van der Waals surface area contributed by atoms with Crippen molar-refractivity contribution in [1.29, 1.82) is 0 Å². The van der Waals surface area contributed by atoms with E-state index in [1.807, 2.05) is 30.3 Å². The average Bonchev–Trinajstić information content (AvgIpc) is 3.05. The van der Waals surface area contributed by atoms with Gasteiger partial charge in [-0.1, -0.05) is 47.1 Å². The number of hydrogen-bond acceptors (Lipinski definition) is 4. The molecule has 2 N–H and O–H groups in total. The van der Waals surface area contributed by atoms with Gasteiger partial charge in [-0.05, 0) is 30.5 Å². The van der Waals surface area contributed by atoms with Gasteiger partial charge in [-0.3, -0.25) is 9.59 Å². The predicted molar refractivity (Wildman–Crippen MR) is 104 cm³/mol. The summed E-state index contributed by atoms with van der Waals surface area (Å²) in [6.07, 6.45) is 1.54. The van der Waals surface area contributed by atoms with Crippen LogP contribution >= 0.6 is 11.6 Å². The van der Waals surface area contributed by atoms with Crippen LogP contribution in [0.15, 0.2) is 64.0 Å². The van der Waals surface area contributed by atoms with E-state index in [-0.39, 0.29) is 10.6 Å². The summed E-state index contributed by atoms with van der Waals surface area (Å²) < 4.78 is 5.24. The van der Waals surface area contributed by atoms with Gasteiger partial charge in [0.05, 0.1) is 10.7 Å². The summed E-state index contributed by atoms with van der Waals surface area (Å²) in [5.74, 6) is 0.0124. The number of fused-ring (bicyclic) bond motifs is 1. The van der Waals surface area contributed by atoms with Crippen molar-refractivity contribution < 1.29 is 9.32 Å². The molecule has 1 amide bonds. The van der Waals surface area contributed by atoms with E-state index >= 15 is 0 Å². The normalized spacial score (nSPS) is 10.9. The van der Waals surface area contributed by atoms with E-state index < -0.39 is 5.91 Å². The Morgan fingerprint density at radius 3 is 2.74 bits per heavy atom. The zero-order valence-electron chi connectivity index (χ0n) is 14.2. The number of halogens is 1. The Morgan fingerprint density at radius 2 is 1.96 bits per heavy atom. The molecule has 27 heavy (non-hydrogen) atoms. The van der Waals surface area contributed by atoms with Crippen molar-refractivity contribution in [3.8, 4) is 11.3 Å². The largest absolute Gasteiger partial charge is 0.360 e. The summed E-state index contributed by atoms with van der Waals surface area (Å²) >= 11 is 6.27. The van der Waals surface area contributed by atoms with Gasteiger partial charge in [-0.2, -0.15) is 0 Å². The molecule has 4 aromatic rings. The molecule has 2 aromatic carbocycles. The van der Waals surface area contributed by atoms with Crippen molar-refractivity contribution >= 4 is 34.0 Å². The summed E-state index contributed by atoms with van der Waals surface area (Å²) in [5.41, 5.74) is 1.73. The van der Waals surface area contributed by atoms with Crippen LogP contribution in [0.2, 0.25) is 5.02 Å². The van der Waals surface area contributed by atoms with Crippen LogP contribution in [0.3, 0.4) is 0 Å². The maximum Gasteiger partial charge on any atom is 0.261 e. The van der Waals surface area contributed by atoms with Gasteiger partial charge in [0.1, 0.15) is 17.0 Å². The van der Waals surface area contributed by atoms with E-state index in [2.05, 4.69) is 15.5 Å². The van der Waals surface area contributed by atoms with Gasteiger partial charge in [-0.25, -0.2) is 0 Å². The lowest BCUT2D eigenvalue weighted by molar-refractivity contribution is 0.102. The monoisotopic (exact) mass is 379 g/mol. The minimum atomic E-state index is -0.390. The number of carbonyl (C=O) groups excluding carboxylic acids is 1. The van der Waals surface area contributed by atoms with Crippen molar-refractivity contribution in [2.24, 2.45) is 0 Å². The Labute approximate surface area is 158 Å². The quantitative estimate of drug-likeness (QED) is 0.552. The van der Waals surface area contributed by atoms with Crippen molar-refractivity contribution in [2.75, 3.05) is 5.32 Å². The Hall–Kier alpha value is -3.38. The third-order valence-electron chi connectivity index (χ3n) is 4.25. The van der Waals surface area contributed by atoms with Gasteiger partial charge >= 0.3 is 0 Å². The highest BCUT2D eigenvalue weighted by Crippen LogP contribution is 2.29. The number of aromatic amines is 1. The van der Waals surface area contributed by atoms with Crippen LogP contribution in [0.5, 0.6) is 0 Å². The third kappa shape index (κ3) is 3.11. The number of aromatic nitrogens is 2. The van der Waals surface area contributed by atoms with Gasteiger partial charge in [-0.15, -0.1) is 0 Å². The number of rotatable bonds is 3. The lowest BCUT2D eigenvalue weighted by Gasteiger charge is -2.09. The molecule has 0 spiro atoms. The zero-order valence-corrected chi connectivity index (χ0v) is 15.0. The number of amides is 1. The molecule has 0 aliphatic heterocycles. The Bertz CT molecular complexity index is 1210. The topological polar surface area (TPSA) is 88.0 Å². The molecule has 0 aliphatic rings. The van der Waals surface area contributed by atoms with Crippen LogP contribution in [0.4, 0.5) is 5.69 Å². The summed E-state index contributed by atoms with van der Waals surface area (Å²) in [6.45, 7) is 1.68. The van der Waals surface area contributed by atoms with Gasteiger partial charge < -0.3 is 14.8 Å². The molecule has 0 atom stereocenters. The molecule has 2 aromatic heterocycles. The first kappa shape index (κ1) is 17.1. The number of H-pyrrole nitrogens is 1. The van der Waals surface area contributed by atoms with E-state index in [0.717, 1.165) is 5.56 Å².